The lowest BCUT2D eigenvalue weighted by atomic mass is 9.88. The Hall–Kier alpha value is -2.81. The van der Waals surface area contributed by atoms with Gasteiger partial charge in [0.15, 0.2) is 6.10 Å². The molecule has 3 aliphatic heterocycles. The highest BCUT2D eigenvalue weighted by Crippen LogP contribution is 2.40. The Balaban J connectivity index is 1.33. The molecule has 9 heteroatoms. The van der Waals surface area contributed by atoms with Crippen molar-refractivity contribution in [3.05, 3.63) is 42.5 Å². The zero-order chi connectivity index (χ0) is 20.6. The smallest absolute Gasteiger partial charge is 0.272 e. The molecule has 9 nitrogen and oxygen atoms in total. The van der Waals surface area contributed by atoms with E-state index < -0.39 is 11.7 Å². The summed E-state index contributed by atoms with van der Waals surface area (Å²) in [6, 6.07) is 1.63. The number of amides is 2. The van der Waals surface area contributed by atoms with E-state index in [1.54, 1.807) is 23.4 Å². The van der Waals surface area contributed by atoms with E-state index in [9.17, 15) is 9.59 Å². The van der Waals surface area contributed by atoms with Gasteiger partial charge in [0.2, 0.25) is 0 Å². The van der Waals surface area contributed by atoms with Gasteiger partial charge in [-0.2, -0.15) is 0 Å². The van der Waals surface area contributed by atoms with Crippen LogP contribution in [0.2, 0.25) is 0 Å². The average molecular weight is 410 g/mol. The van der Waals surface area contributed by atoms with Gasteiger partial charge in [-0.05, 0) is 25.3 Å². The van der Waals surface area contributed by atoms with Gasteiger partial charge in [-0.25, -0.2) is 15.0 Å². The van der Waals surface area contributed by atoms with Crippen LogP contribution in [0.4, 0.5) is 0 Å². The molecule has 1 spiro atoms. The highest BCUT2D eigenvalue weighted by Gasteiger charge is 2.48. The van der Waals surface area contributed by atoms with E-state index in [1.807, 2.05) is 11.1 Å². The second kappa shape index (κ2) is 7.79. The Morgan fingerprint density at radius 1 is 1.00 bits per heavy atom. The number of piperidine rings is 2. The zero-order valence-corrected chi connectivity index (χ0v) is 16.9. The van der Waals surface area contributed by atoms with Crippen LogP contribution in [0.5, 0.6) is 0 Å². The predicted octanol–water partition coefficient (Wildman–Crippen LogP) is 1.22. The fourth-order valence-electron chi connectivity index (χ4n) is 4.83. The van der Waals surface area contributed by atoms with Gasteiger partial charge in [0, 0.05) is 57.6 Å². The van der Waals surface area contributed by atoms with Crippen molar-refractivity contribution >= 4 is 11.8 Å². The lowest BCUT2D eigenvalue weighted by molar-refractivity contribution is -0.180. The molecule has 1 atom stereocenters. The van der Waals surface area contributed by atoms with Gasteiger partial charge in [-0.3, -0.25) is 9.59 Å². The molecule has 2 fully saturated rings. The molecular weight excluding hydrogens is 384 g/mol. The van der Waals surface area contributed by atoms with E-state index in [1.165, 1.54) is 12.7 Å². The van der Waals surface area contributed by atoms with Crippen LogP contribution in [-0.4, -0.2) is 73.4 Å². The van der Waals surface area contributed by atoms with E-state index >= 15 is 0 Å². The van der Waals surface area contributed by atoms with Crippen molar-refractivity contribution in [3.63, 3.8) is 0 Å². The number of carbonyl (C=O) groups is 2. The summed E-state index contributed by atoms with van der Waals surface area (Å²) in [4.78, 5) is 42.2. The van der Waals surface area contributed by atoms with Crippen LogP contribution in [0.15, 0.2) is 31.0 Å². The van der Waals surface area contributed by atoms with E-state index in [4.69, 9.17) is 4.74 Å². The molecule has 30 heavy (non-hydrogen) atoms. The molecule has 2 aromatic heterocycles. The molecule has 2 aromatic rings. The number of ether oxygens (including phenoxy) is 1. The van der Waals surface area contributed by atoms with Crippen LogP contribution < -0.4 is 0 Å². The first kappa shape index (κ1) is 19.2. The van der Waals surface area contributed by atoms with Crippen molar-refractivity contribution in [3.8, 4) is 0 Å². The van der Waals surface area contributed by atoms with Crippen molar-refractivity contribution in [1.82, 2.24) is 29.3 Å². The Kier molecular flexibility index (Phi) is 4.98. The second-order valence-electron chi connectivity index (χ2n) is 8.28. The van der Waals surface area contributed by atoms with Gasteiger partial charge >= 0.3 is 0 Å². The van der Waals surface area contributed by atoms with Crippen molar-refractivity contribution < 1.29 is 14.3 Å². The third-order valence-corrected chi connectivity index (χ3v) is 6.46. The first-order chi connectivity index (χ1) is 14.7. The van der Waals surface area contributed by atoms with Gasteiger partial charge in [-0.15, -0.1) is 0 Å². The molecule has 0 radical (unpaired) electrons. The van der Waals surface area contributed by atoms with Crippen molar-refractivity contribution in [2.75, 3.05) is 26.2 Å². The molecule has 1 unspecified atom stereocenters. The number of aromatic nitrogens is 4. The SMILES string of the molecule is O=C(c1ccncn1)N1CCC2(CC1)OC(C(=O)N1CCCCC1)Cn1ccnc12. The number of carbonyl (C=O) groups excluding carboxylic acids is 2. The minimum absolute atomic E-state index is 0.0768. The predicted molar refractivity (Wildman–Crippen MR) is 106 cm³/mol. The first-order valence-corrected chi connectivity index (χ1v) is 10.7. The Bertz CT molecular complexity index is 916. The summed E-state index contributed by atoms with van der Waals surface area (Å²) in [5.41, 5.74) is -0.245. The summed E-state index contributed by atoms with van der Waals surface area (Å²) in [7, 11) is 0. The molecule has 0 aromatic carbocycles. The first-order valence-electron chi connectivity index (χ1n) is 10.7. The molecule has 5 rings (SSSR count). The number of imidazole rings is 1. The lowest BCUT2D eigenvalue weighted by Crippen LogP contribution is -2.55. The number of fused-ring (bicyclic) bond motifs is 2. The number of nitrogens with zero attached hydrogens (tertiary/aromatic N) is 6. The molecule has 2 saturated heterocycles. The van der Waals surface area contributed by atoms with E-state index in [2.05, 4.69) is 19.5 Å². The minimum Gasteiger partial charge on any atom is -0.352 e. The third kappa shape index (κ3) is 3.36. The number of likely N-dealkylation sites (tertiary alicyclic amines) is 2. The van der Waals surface area contributed by atoms with Gasteiger partial charge in [0.1, 0.15) is 23.4 Å². The fraction of sp³-hybridized carbons (Fsp3) is 0.571. The molecule has 158 valence electrons. The maximum atomic E-state index is 13.2. The van der Waals surface area contributed by atoms with Gasteiger partial charge in [-0.1, -0.05) is 0 Å². The van der Waals surface area contributed by atoms with E-state index in [0.717, 1.165) is 31.8 Å². The molecular formula is C21H26N6O3. The molecule has 3 aliphatic rings. The standard InChI is InChI=1S/C21H26N6O3/c28-18(16-4-7-22-15-24-16)26-11-5-21(6-12-26)20-23-8-13-27(20)14-17(30-21)19(29)25-9-2-1-3-10-25/h4,7-8,13,15,17H,1-3,5-6,9-12,14H2. The van der Waals surface area contributed by atoms with Crippen LogP contribution in [0.25, 0.3) is 0 Å². The monoisotopic (exact) mass is 410 g/mol. The molecule has 0 aliphatic carbocycles. The summed E-state index contributed by atoms with van der Waals surface area (Å²) in [5.74, 6) is 0.833. The largest absolute Gasteiger partial charge is 0.352 e. The molecule has 0 saturated carbocycles. The topological polar surface area (TPSA) is 93.5 Å². The number of hydrogen-bond donors (Lipinski definition) is 0. The quantitative estimate of drug-likeness (QED) is 0.739. The van der Waals surface area contributed by atoms with Crippen LogP contribution in [0.3, 0.4) is 0 Å². The van der Waals surface area contributed by atoms with Gasteiger partial charge in [0.05, 0.1) is 6.54 Å². The lowest BCUT2D eigenvalue weighted by Gasteiger charge is -2.46. The average Bonchev–Trinajstić information content (AvgIpc) is 3.30. The van der Waals surface area contributed by atoms with Crippen molar-refractivity contribution in [2.45, 2.75) is 50.4 Å². The van der Waals surface area contributed by atoms with Gasteiger partial charge < -0.3 is 19.1 Å². The number of rotatable bonds is 2. The highest BCUT2D eigenvalue weighted by molar-refractivity contribution is 5.92. The molecule has 0 N–H and O–H groups in total. The molecule has 2 amide bonds. The fourth-order valence-corrected chi connectivity index (χ4v) is 4.83. The normalized spacial score (nSPS) is 23.3. The summed E-state index contributed by atoms with van der Waals surface area (Å²) >= 11 is 0. The highest BCUT2D eigenvalue weighted by atomic mass is 16.5. The van der Waals surface area contributed by atoms with E-state index in [0.29, 0.717) is 38.2 Å². The molecule has 5 heterocycles. The Morgan fingerprint density at radius 2 is 1.80 bits per heavy atom. The van der Waals surface area contributed by atoms with E-state index in [-0.39, 0.29) is 11.8 Å². The summed E-state index contributed by atoms with van der Waals surface area (Å²) < 4.78 is 8.56. The van der Waals surface area contributed by atoms with Crippen LogP contribution in [-0.2, 0) is 21.7 Å². The second-order valence-corrected chi connectivity index (χ2v) is 8.28. The maximum Gasteiger partial charge on any atom is 0.272 e. The Labute approximate surface area is 175 Å². The maximum absolute atomic E-state index is 13.2. The van der Waals surface area contributed by atoms with Gasteiger partial charge in [0.25, 0.3) is 11.8 Å². The summed E-state index contributed by atoms with van der Waals surface area (Å²) in [6.45, 7) is 3.17. The van der Waals surface area contributed by atoms with Crippen LogP contribution in [0, 0.1) is 0 Å². The molecule has 0 bridgehead atoms. The minimum atomic E-state index is -0.639. The van der Waals surface area contributed by atoms with Crippen LogP contribution in [0.1, 0.15) is 48.4 Å². The van der Waals surface area contributed by atoms with Crippen LogP contribution >= 0.6 is 0 Å². The summed E-state index contributed by atoms with van der Waals surface area (Å²) in [6.07, 6.45) is 10.6. The van der Waals surface area contributed by atoms with Crippen molar-refractivity contribution in [2.24, 2.45) is 0 Å². The summed E-state index contributed by atoms with van der Waals surface area (Å²) in [5, 5.41) is 0. The van der Waals surface area contributed by atoms with Crippen molar-refractivity contribution in [1.29, 1.82) is 0 Å². The zero-order valence-electron chi connectivity index (χ0n) is 16.9. The third-order valence-electron chi connectivity index (χ3n) is 6.46. The Morgan fingerprint density at radius 3 is 2.53 bits per heavy atom. The number of hydrogen-bond acceptors (Lipinski definition) is 6.